The molecule has 1 aromatic carbocycles. The Labute approximate surface area is 126 Å². The standard InChI is InChI=1S/C16H24N2O3/c1-3-9-18(12-16(20)21)11-15(19)17-10-13(2)14-7-5-4-6-8-14/h4-8,13H,3,9-12H2,1-2H3,(H,17,19)(H,20,21). The molecule has 2 N–H and O–H groups in total. The molecule has 116 valence electrons. The highest BCUT2D eigenvalue weighted by molar-refractivity contribution is 5.79. The molecule has 1 amide bonds. The molecule has 0 fully saturated rings. The quantitative estimate of drug-likeness (QED) is 0.727. The number of carbonyl (C=O) groups excluding carboxylic acids is 1. The Morgan fingerprint density at radius 2 is 1.90 bits per heavy atom. The normalized spacial score (nSPS) is 12.1. The lowest BCUT2D eigenvalue weighted by Gasteiger charge is -2.19. The predicted octanol–water partition coefficient (Wildman–Crippen LogP) is 1.70. The van der Waals surface area contributed by atoms with E-state index in [1.807, 2.05) is 37.3 Å². The molecule has 0 spiro atoms. The van der Waals surface area contributed by atoms with Crippen molar-refractivity contribution in [1.29, 1.82) is 0 Å². The van der Waals surface area contributed by atoms with Crippen LogP contribution in [0.5, 0.6) is 0 Å². The van der Waals surface area contributed by atoms with Gasteiger partial charge < -0.3 is 10.4 Å². The molecule has 21 heavy (non-hydrogen) atoms. The van der Waals surface area contributed by atoms with Crippen molar-refractivity contribution in [2.45, 2.75) is 26.2 Å². The van der Waals surface area contributed by atoms with E-state index in [1.54, 1.807) is 4.90 Å². The summed E-state index contributed by atoms with van der Waals surface area (Å²) in [5.41, 5.74) is 1.17. The maximum absolute atomic E-state index is 11.9. The Bertz CT molecular complexity index is 448. The zero-order chi connectivity index (χ0) is 15.7. The molecular formula is C16H24N2O3. The second-order valence-corrected chi connectivity index (χ2v) is 5.22. The van der Waals surface area contributed by atoms with E-state index in [1.165, 1.54) is 5.56 Å². The van der Waals surface area contributed by atoms with Crippen LogP contribution in [0.15, 0.2) is 30.3 Å². The van der Waals surface area contributed by atoms with Gasteiger partial charge in [0.25, 0.3) is 0 Å². The fourth-order valence-electron chi connectivity index (χ4n) is 2.15. The fourth-order valence-corrected chi connectivity index (χ4v) is 2.15. The molecule has 0 heterocycles. The van der Waals surface area contributed by atoms with Crippen molar-refractivity contribution >= 4 is 11.9 Å². The summed E-state index contributed by atoms with van der Waals surface area (Å²) in [6.45, 7) is 5.20. The van der Waals surface area contributed by atoms with Gasteiger partial charge in [0.05, 0.1) is 13.1 Å². The number of nitrogens with zero attached hydrogens (tertiary/aromatic N) is 1. The molecule has 0 radical (unpaired) electrons. The number of amides is 1. The first-order valence-corrected chi connectivity index (χ1v) is 7.28. The van der Waals surface area contributed by atoms with Crippen molar-refractivity contribution in [3.8, 4) is 0 Å². The highest BCUT2D eigenvalue weighted by Gasteiger charge is 2.14. The van der Waals surface area contributed by atoms with E-state index in [9.17, 15) is 9.59 Å². The molecular weight excluding hydrogens is 268 g/mol. The van der Waals surface area contributed by atoms with Crippen LogP contribution in [0.3, 0.4) is 0 Å². The molecule has 1 rings (SSSR count). The van der Waals surface area contributed by atoms with Gasteiger partial charge in [0, 0.05) is 6.54 Å². The van der Waals surface area contributed by atoms with Gasteiger partial charge in [-0.15, -0.1) is 0 Å². The highest BCUT2D eigenvalue weighted by atomic mass is 16.4. The van der Waals surface area contributed by atoms with Gasteiger partial charge >= 0.3 is 5.97 Å². The fraction of sp³-hybridized carbons (Fsp3) is 0.500. The van der Waals surface area contributed by atoms with Crippen molar-refractivity contribution in [3.05, 3.63) is 35.9 Å². The zero-order valence-corrected chi connectivity index (χ0v) is 12.7. The summed E-state index contributed by atoms with van der Waals surface area (Å²) >= 11 is 0. The molecule has 0 aromatic heterocycles. The number of carbonyl (C=O) groups is 2. The third-order valence-corrected chi connectivity index (χ3v) is 3.24. The van der Waals surface area contributed by atoms with E-state index in [0.717, 1.165) is 6.42 Å². The molecule has 0 aliphatic carbocycles. The van der Waals surface area contributed by atoms with E-state index in [4.69, 9.17) is 5.11 Å². The van der Waals surface area contributed by atoms with Gasteiger partial charge in [0.1, 0.15) is 0 Å². The minimum atomic E-state index is -0.908. The number of nitrogens with one attached hydrogen (secondary N) is 1. The van der Waals surface area contributed by atoms with Gasteiger partial charge in [0.15, 0.2) is 0 Å². The van der Waals surface area contributed by atoms with E-state index >= 15 is 0 Å². The molecule has 0 aliphatic rings. The maximum atomic E-state index is 11.9. The highest BCUT2D eigenvalue weighted by Crippen LogP contribution is 2.12. The second kappa shape index (κ2) is 9.13. The summed E-state index contributed by atoms with van der Waals surface area (Å²) in [6.07, 6.45) is 0.820. The van der Waals surface area contributed by atoms with Crippen LogP contribution in [0, 0.1) is 0 Å². The molecule has 1 unspecified atom stereocenters. The summed E-state index contributed by atoms with van der Waals surface area (Å²) < 4.78 is 0. The Morgan fingerprint density at radius 1 is 1.24 bits per heavy atom. The van der Waals surface area contributed by atoms with Crippen molar-refractivity contribution in [2.75, 3.05) is 26.2 Å². The number of hydrogen-bond acceptors (Lipinski definition) is 3. The first-order valence-electron chi connectivity index (χ1n) is 7.28. The maximum Gasteiger partial charge on any atom is 0.317 e. The minimum Gasteiger partial charge on any atom is -0.480 e. The number of carboxylic acids is 1. The molecule has 0 saturated carbocycles. The van der Waals surface area contributed by atoms with E-state index in [-0.39, 0.29) is 24.9 Å². The summed E-state index contributed by atoms with van der Waals surface area (Å²) in [6, 6.07) is 9.98. The number of carboxylic acid groups (broad SMARTS) is 1. The first-order chi connectivity index (χ1) is 10.0. The lowest BCUT2D eigenvalue weighted by atomic mass is 10.0. The average molecular weight is 292 g/mol. The van der Waals surface area contributed by atoms with E-state index in [0.29, 0.717) is 13.1 Å². The molecule has 5 nitrogen and oxygen atoms in total. The number of aliphatic carboxylic acids is 1. The van der Waals surface area contributed by atoms with Gasteiger partial charge in [0.2, 0.25) is 5.91 Å². The Kier molecular flexibility index (Phi) is 7.46. The van der Waals surface area contributed by atoms with Crippen molar-refractivity contribution in [3.63, 3.8) is 0 Å². The van der Waals surface area contributed by atoms with Crippen molar-refractivity contribution in [1.82, 2.24) is 10.2 Å². The minimum absolute atomic E-state index is 0.102. The average Bonchev–Trinajstić information content (AvgIpc) is 2.45. The topological polar surface area (TPSA) is 69.6 Å². The summed E-state index contributed by atoms with van der Waals surface area (Å²) in [5, 5.41) is 11.7. The Hall–Kier alpha value is -1.88. The number of rotatable bonds is 9. The van der Waals surface area contributed by atoms with Crippen LogP contribution < -0.4 is 5.32 Å². The van der Waals surface area contributed by atoms with Crippen molar-refractivity contribution < 1.29 is 14.7 Å². The predicted molar refractivity (Wildman–Crippen MR) is 82.2 cm³/mol. The first kappa shape index (κ1) is 17.2. The van der Waals surface area contributed by atoms with Gasteiger partial charge in [-0.25, -0.2) is 0 Å². The second-order valence-electron chi connectivity index (χ2n) is 5.22. The summed E-state index contributed by atoms with van der Waals surface area (Å²) in [5.74, 6) is -0.810. The lowest BCUT2D eigenvalue weighted by Crippen LogP contribution is -2.41. The van der Waals surface area contributed by atoms with Crippen LogP contribution in [0.25, 0.3) is 0 Å². The third-order valence-electron chi connectivity index (χ3n) is 3.24. The SMILES string of the molecule is CCCN(CC(=O)O)CC(=O)NCC(C)c1ccccc1. The smallest absolute Gasteiger partial charge is 0.317 e. The van der Waals surface area contributed by atoms with Crippen LogP contribution in [-0.4, -0.2) is 48.1 Å². The van der Waals surface area contributed by atoms with E-state index in [2.05, 4.69) is 12.2 Å². The molecule has 0 bridgehead atoms. The van der Waals surface area contributed by atoms with Gasteiger partial charge in [-0.2, -0.15) is 0 Å². The molecule has 0 saturated heterocycles. The Balaban J connectivity index is 2.40. The van der Waals surface area contributed by atoms with Gasteiger partial charge in [-0.1, -0.05) is 44.2 Å². The number of benzene rings is 1. The summed E-state index contributed by atoms with van der Waals surface area (Å²) in [4.78, 5) is 24.3. The Morgan fingerprint density at radius 3 is 2.48 bits per heavy atom. The molecule has 5 heteroatoms. The molecule has 1 aromatic rings. The van der Waals surface area contributed by atoms with Crippen LogP contribution >= 0.6 is 0 Å². The van der Waals surface area contributed by atoms with Crippen LogP contribution in [0.2, 0.25) is 0 Å². The van der Waals surface area contributed by atoms with Crippen LogP contribution in [0.1, 0.15) is 31.7 Å². The van der Waals surface area contributed by atoms with Crippen molar-refractivity contribution in [2.24, 2.45) is 0 Å². The summed E-state index contributed by atoms with van der Waals surface area (Å²) in [7, 11) is 0. The zero-order valence-electron chi connectivity index (χ0n) is 12.7. The monoisotopic (exact) mass is 292 g/mol. The number of hydrogen-bond donors (Lipinski definition) is 2. The third kappa shape index (κ3) is 6.90. The molecule has 1 atom stereocenters. The van der Waals surface area contributed by atoms with Crippen LogP contribution in [0.4, 0.5) is 0 Å². The van der Waals surface area contributed by atoms with Gasteiger partial charge in [-0.3, -0.25) is 14.5 Å². The molecule has 0 aliphatic heterocycles. The largest absolute Gasteiger partial charge is 0.480 e. The lowest BCUT2D eigenvalue weighted by molar-refractivity contribution is -0.138. The van der Waals surface area contributed by atoms with E-state index < -0.39 is 5.97 Å². The van der Waals surface area contributed by atoms with Gasteiger partial charge in [-0.05, 0) is 24.4 Å². The van der Waals surface area contributed by atoms with Crippen LogP contribution in [-0.2, 0) is 9.59 Å².